The van der Waals surface area contributed by atoms with Crippen LogP contribution < -0.4 is 5.32 Å². The summed E-state index contributed by atoms with van der Waals surface area (Å²) in [5, 5.41) is 3.18. The van der Waals surface area contributed by atoms with Crippen molar-refractivity contribution in [3.8, 4) is 0 Å². The summed E-state index contributed by atoms with van der Waals surface area (Å²) in [7, 11) is 1.62. The van der Waals surface area contributed by atoms with Crippen LogP contribution in [0.4, 0.5) is 0 Å². The summed E-state index contributed by atoms with van der Waals surface area (Å²) in [5.41, 5.74) is 1.25. The molecule has 0 spiro atoms. The van der Waals surface area contributed by atoms with Crippen molar-refractivity contribution in [3.05, 3.63) is 35.9 Å². The molecule has 1 aliphatic rings. The molecular formula is C10H12N2O. The van der Waals surface area contributed by atoms with Crippen molar-refractivity contribution in [1.82, 2.24) is 5.32 Å². The van der Waals surface area contributed by atoms with Crippen molar-refractivity contribution in [2.75, 3.05) is 13.7 Å². The Hall–Kier alpha value is -1.51. The van der Waals surface area contributed by atoms with E-state index in [4.69, 9.17) is 4.74 Å². The highest BCUT2D eigenvalue weighted by Gasteiger charge is 2.18. The highest BCUT2D eigenvalue weighted by Crippen LogP contribution is 2.16. The molecule has 1 unspecified atom stereocenters. The van der Waals surface area contributed by atoms with Gasteiger partial charge in [0.05, 0.1) is 19.7 Å². The Balaban J connectivity index is 2.07. The maximum Gasteiger partial charge on any atom is 0.284 e. The Morgan fingerprint density at radius 2 is 2.15 bits per heavy atom. The summed E-state index contributed by atoms with van der Waals surface area (Å²) in [6, 6.07) is 11.2. The molecular weight excluding hydrogens is 164 g/mol. The molecule has 0 aliphatic carbocycles. The van der Waals surface area contributed by atoms with Gasteiger partial charge in [-0.25, -0.2) is 4.99 Å². The van der Waals surface area contributed by atoms with Crippen LogP contribution in [-0.2, 0) is 4.74 Å². The van der Waals surface area contributed by atoms with Gasteiger partial charge < -0.3 is 10.1 Å². The van der Waals surface area contributed by atoms with Crippen LogP contribution in [0.1, 0.15) is 11.6 Å². The number of ether oxygens (including phenoxy) is 1. The predicted molar refractivity (Wildman–Crippen MR) is 51.6 cm³/mol. The number of amidine groups is 1. The third-order valence-electron chi connectivity index (χ3n) is 2.11. The Morgan fingerprint density at radius 3 is 2.77 bits per heavy atom. The molecule has 68 valence electrons. The fourth-order valence-corrected chi connectivity index (χ4v) is 1.41. The van der Waals surface area contributed by atoms with Crippen molar-refractivity contribution in [2.45, 2.75) is 6.04 Å². The van der Waals surface area contributed by atoms with Crippen LogP contribution in [0, 0.1) is 0 Å². The molecule has 0 saturated carbocycles. The summed E-state index contributed by atoms with van der Waals surface area (Å²) in [4.78, 5) is 4.20. The van der Waals surface area contributed by atoms with Gasteiger partial charge in [0.1, 0.15) is 0 Å². The summed E-state index contributed by atoms with van der Waals surface area (Å²) < 4.78 is 5.00. The Morgan fingerprint density at radius 1 is 1.38 bits per heavy atom. The molecule has 0 bridgehead atoms. The van der Waals surface area contributed by atoms with E-state index in [1.807, 2.05) is 18.2 Å². The van der Waals surface area contributed by atoms with Crippen molar-refractivity contribution in [2.24, 2.45) is 4.99 Å². The third-order valence-corrected chi connectivity index (χ3v) is 2.11. The van der Waals surface area contributed by atoms with Crippen LogP contribution in [0.5, 0.6) is 0 Å². The molecule has 1 heterocycles. The molecule has 2 rings (SSSR count). The minimum Gasteiger partial charge on any atom is -0.469 e. The summed E-state index contributed by atoms with van der Waals surface area (Å²) in [6.45, 7) is 0.757. The van der Waals surface area contributed by atoms with E-state index in [0.717, 1.165) is 6.54 Å². The van der Waals surface area contributed by atoms with Crippen molar-refractivity contribution >= 4 is 6.02 Å². The number of aliphatic imine (C=N–C) groups is 1. The van der Waals surface area contributed by atoms with E-state index in [1.54, 1.807) is 7.11 Å². The zero-order valence-electron chi connectivity index (χ0n) is 7.53. The molecule has 1 atom stereocenters. The number of nitrogens with zero attached hydrogens (tertiary/aromatic N) is 1. The lowest BCUT2D eigenvalue weighted by Gasteiger charge is -2.10. The SMILES string of the molecule is COC1=NCC(c2ccccc2)N1. The molecule has 1 N–H and O–H groups in total. The zero-order valence-corrected chi connectivity index (χ0v) is 7.53. The minimum atomic E-state index is 0.274. The first-order valence-corrected chi connectivity index (χ1v) is 4.30. The van der Waals surface area contributed by atoms with E-state index >= 15 is 0 Å². The minimum absolute atomic E-state index is 0.274. The number of hydrogen-bond acceptors (Lipinski definition) is 3. The van der Waals surface area contributed by atoms with Crippen molar-refractivity contribution in [3.63, 3.8) is 0 Å². The lowest BCUT2D eigenvalue weighted by Crippen LogP contribution is -2.24. The van der Waals surface area contributed by atoms with Gasteiger partial charge >= 0.3 is 0 Å². The van der Waals surface area contributed by atoms with Gasteiger partial charge in [0.2, 0.25) is 0 Å². The van der Waals surface area contributed by atoms with Crippen LogP contribution in [0.3, 0.4) is 0 Å². The quantitative estimate of drug-likeness (QED) is 0.700. The van der Waals surface area contributed by atoms with Crippen LogP contribution in [-0.4, -0.2) is 19.7 Å². The van der Waals surface area contributed by atoms with E-state index in [2.05, 4.69) is 22.4 Å². The van der Waals surface area contributed by atoms with Crippen LogP contribution in [0.2, 0.25) is 0 Å². The summed E-state index contributed by atoms with van der Waals surface area (Å²) in [6.07, 6.45) is 0. The number of rotatable bonds is 1. The van der Waals surface area contributed by atoms with E-state index < -0.39 is 0 Å². The molecule has 0 fully saturated rings. The van der Waals surface area contributed by atoms with Gasteiger partial charge in [-0.2, -0.15) is 0 Å². The zero-order chi connectivity index (χ0) is 9.10. The maximum absolute atomic E-state index is 5.00. The van der Waals surface area contributed by atoms with E-state index in [1.165, 1.54) is 5.56 Å². The van der Waals surface area contributed by atoms with Crippen LogP contribution in [0.25, 0.3) is 0 Å². The fraction of sp³-hybridized carbons (Fsp3) is 0.300. The summed E-state index contributed by atoms with van der Waals surface area (Å²) >= 11 is 0. The predicted octanol–water partition coefficient (Wildman–Crippen LogP) is 1.33. The van der Waals surface area contributed by atoms with Crippen LogP contribution in [0.15, 0.2) is 35.3 Å². The van der Waals surface area contributed by atoms with Gasteiger partial charge in [-0.3, -0.25) is 0 Å². The highest BCUT2D eigenvalue weighted by atomic mass is 16.5. The molecule has 13 heavy (non-hydrogen) atoms. The molecule has 1 aromatic rings. The van der Waals surface area contributed by atoms with Gasteiger partial charge in [0.25, 0.3) is 6.02 Å². The van der Waals surface area contributed by atoms with Crippen LogP contribution >= 0.6 is 0 Å². The number of benzene rings is 1. The molecule has 0 aromatic heterocycles. The standard InChI is InChI=1S/C10H12N2O/c1-13-10-11-7-9(12-10)8-5-3-2-4-6-8/h2-6,9H,7H2,1H3,(H,11,12). The Bertz CT molecular complexity index is 308. The van der Waals surface area contributed by atoms with Gasteiger partial charge in [-0.15, -0.1) is 0 Å². The third kappa shape index (κ3) is 1.64. The van der Waals surface area contributed by atoms with Crippen molar-refractivity contribution in [1.29, 1.82) is 0 Å². The topological polar surface area (TPSA) is 33.6 Å². The molecule has 1 aromatic carbocycles. The summed E-state index contributed by atoms with van der Waals surface area (Å²) in [5.74, 6) is 0. The van der Waals surface area contributed by atoms with E-state index in [0.29, 0.717) is 6.02 Å². The first kappa shape index (κ1) is 8.10. The highest BCUT2D eigenvalue weighted by molar-refractivity contribution is 5.75. The van der Waals surface area contributed by atoms with Gasteiger partial charge in [0, 0.05) is 0 Å². The molecule has 1 aliphatic heterocycles. The van der Waals surface area contributed by atoms with Gasteiger partial charge in [0.15, 0.2) is 0 Å². The molecule has 0 saturated heterocycles. The largest absolute Gasteiger partial charge is 0.469 e. The number of methoxy groups -OCH3 is 1. The number of hydrogen-bond donors (Lipinski definition) is 1. The molecule has 3 heteroatoms. The number of nitrogens with one attached hydrogen (secondary N) is 1. The average molecular weight is 176 g/mol. The first-order valence-electron chi connectivity index (χ1n) is 4.30. The monoisotopic (exact) mass is 176 g/mol. The molecule has 3 nitrogen and oxygen atoms in total. The maximum atomic E-state index is 5.00. The molecule has 0 radical (unpaired) electrons. The second kappa shape index (κ2) is 3.47. The lowest BCUT2D eigenvalue weighted by atomic mass is 10.1. The first-order chi connectivity index (χ1) is 6.40. The van der Waals surface area contributed by atoms with E-state index in [-0.39, 0.29) is 6.04 Å². The lowest BCUT2D eigenvalue weighted by molar-refractivity contribution is 0.383. The second-order valence-corrected chi connectivity index (χ2v) is 2.96. The molecule has 0 amide bonds. The smallest absolute Gasteiger partial charge is 0.284 e. The normalized spacial score (nSPS) is 20.7. The fourth-order valence-electron chi connectivity index (χ4n) is 1.41. The van der Waals surface area contributed by atoms with Gasteiger partial charge in [-0.1, -0.05) is 30.3 Å². The second-order valence-electron chi connectivity index (χ2n) is 2.96. The van der Waals surface area contributed by atoms with E-state index in [9.17, 15) is 0 Å². The Labute approximate surface area is 77.4 Å². The van der Waals surface area contributed by atoms with Crippen molar-refractivity contribution < 1.29 is 4.74 Å². The van der Waals surface area contributed by atoms with Gasteiger partial charge in [-0.05, 0) is 5.56 Å². The Kier molecular flexibility index (Phi) is 2.17. The average Bonchev–Trinajstić information content (AvgIpc) is 2.67.